The van der Waals surface area contributed by atoms with Gasteiger partial charge in [-0.2, -0.15) is 0 Å². The molecule has 0 heterocycles. The van der Waals surface area contributed by atoms with Crippen LogP contribution in [0.4, 0.5) is 5.69 Å². The molecule has 0 saturated heterocycles. The fourth-order valence-electron chi connectivity index (χ4n) is 1.58. The van der Waals surface area contributed by atoms with Gasteiger partial charge in [0.15, 0.2) is 0 Å². The lowest BCUT2D eigenvalue weighted by atomic mass is 10.3. The molecular weight excluding hydrogens is 356 g/mol. The summed E-state index contributed by atoms with van der Waals surface area (Å²) in [6, 6.07) is 3.64. The number of anilines is 1. The Morgan fingerprint density at radius 2 is 1.89 bits per heavy atom. The van der Waals surface area contributed by atoms with E-state index in [0.717, 1.165) is 6.26 Å². The van der Waals surface area contributed by atoms with Crippen molar-refractivity contribution in [2.45, 2.75) is 17.9 Å². The summed E-state index contributed by atoms with van der Waals surface area (Å²) in [5.74, 6) is -0.275. The maximum Gasteiger partial charge on any atom is 0.242 e. The lowest BCUT2D eigenvalue weighted by Crippen LogP contribution is -2.37. The van der Waals surface area contributed by atoms with E-state index < -0.39 is 25.9 Å². The molecule has 0 aliphatic carbocycles. The van der Waals surface area contributed by atoms with Crippen LogP contribution in [-0.4, -0.2) is 34.9 Å². The summed E-state index contributed by atoms with van der Waals surface area (Å²) in [5, 5.41) is 0. The molecule has 0 aliphatic rings. The number of nitrogen functional groups attached to an aromatic ring is 1. The fourth-order valence-corrected chi connectivity index (χ4v) is 4.41. The van der Waals surface area contributed by atoms with Crippen LogP contribution < -0.4 is 10.5 Å². The van der Waals surface area contributed by atoms with Gasteiger partial charge < -0.3 is 5.73 Å². The lowest BCUT2D eigenvalue weighted by molar-refractivity contribution is 0.565. The number of hydrogen-bond acceptors (Lipinski definition) is 5. The molecule has 0 fully saturated rings. The summed E-state index contributed by atoms with van der Waals surface area (Å²) < 4.78 is 49.3. The van der Waals surface area contributed by atoms with Crippen molar-refractivity contribution in [1.29, 1.82) is 0 Å². The molecule has 0 aromatic heterocycles. The van der Waals surface area contributed by atoms with Gasteiger partial charge >= 0.3 is 0 Å². The number of sulfone groups is 1. The SMILES string of the molecule is CC(CS(C)(=O)=O)NS(=O)(=O)c1ccc(Br)cc1N. The largest absolute Gasteiger partial charge is 0.398 e. The van der Waals surface area contributed by atoms with E-state index in [-0.39, 0.29) is 16.3 Å². The van der Waals surface area contributed by atoms with Crippen LogP contribution in [-0.2, 0) is 19.9 Å². The Bertz CT molecular complexity index is 671. The number of halogens is 1. The minimum Gasteiger partial charge on any atom is -0.398 e. The molecule has 6 nitrogen and oxygen atoms in total. The second-order valence-electron chi connectivity index (χ2n) is 4.30. The van der Waals surface area contributed by atoms with E-state index in [1.165, 1.54) is 19.1 Å². The van der Waals surface area contributed by atoms with Crippen molar-refractivity contribution in [2.24, 2.45) is 0 Å². The van der Waals surface area contributed by atoms with E-state index in [9.17, 15) is 16.8 Å². The van der Waals surface area contributed by atoms with Crippen LogP contribution in [0.1, 0.15) is 6.92 Å². The van der Waals surface area contributed by atoms with Crippen LogP contribution >= 0.6 is 15.9 Å². The van der Waals surface area contributed by atoms with Gasteiger partial charge in [-0.15, -0.1) is 0 Å². The van der Waals surface area contributed by atoms with Crippen LogP contribution in [0.2, 0.25) is 0 Å². The Labute approximate surface area is 121 Å². The van der Waals surface area contributed by atoms with E-state index >= 15 is 0 Å². The molecule has 3 N–H and O–H groups in total. The maximum absolute atomic E-state index is 12.1. The van der Waals surface area contributed by atoms with Gasteiger partial charge in [0, 0.05) is 16.8 Å². The maximum atomic E-state index is 12.1. The molecule has 1 aromatic carbocycles. The second-order valence-corrected chi connectivity index (χ2v) is 9.08. The molecule has 1 aromatic rings. The average molecular weight is 371 g/mol. The summed E-state index contributed by atoms with van der Waals surface area (Å²) in [6.45, 7) is 1.48. The molecule has 1 unspecified atom stereocenters. The minimum absolute atomic E-state index is 0.0731. The molecule has 0 spiro atoms. The summed E-state index contributed by atoms with van der Waals surface area (Å²) in [6.07, 6.45) is 1.05. The van der Waals surface area contributed by atoms with E-state index in [4.69, 9.17) is 5.73 Å². The molecule has 0 radical (unpaired) electrons. The summed E-state index contributed by atoms with van der Waals surface area (Å²) >= 11 is 3.18. The number of nitrogens with two attached hydrogens (primary N) is 1. The van der Waals surface area contributed by atoms with Gasteiger partial charge in [-0.25, -0.2) is 21.6 Å². The highest BCUT2D eigenvalue weighted by Crippen LogP contribution is 2.22. The van der Waals surface area contributed by atoms with Crippen LogP contribution in [0.15, 0.2) is 27.6 Å². The van der Waals surface area contributed by atoms with E-state index in [2.05, 4.69) is 20.7 Å². The monoisotopic (exact) mass is 370 g/mol. The topological polar surface area (TPSA) is 106 Å². The van der Waals surface area contributed by atoms with Crippen LogP contribution in [0.25, 0.3) is 0 Å². The molecule has 0 amide bonds. The molecule has 0 bridgehead atoms. The zero-order valence-corrected chi connectivity index (χ0v) is 13.6. The third kappa shape index (κ3) is 5.09. The predicted octanol–water partition coefficient (Wildman–Crippen LogP) is 0.743. The van der Waals surface area contributed by atoms with E-state index in [1.54, 1.807) is 6.07 Å². The van der Waals surface area contributed by atoms with Crippen molar-refractivity contribution in [3.8, 4) is 0 Å². The molecule has 1 atom stereocenters. The number of rotatable bonds is 5. The van der Waals surface area contributed by atoms with Gasteiger partial charge in [0.25, 0.3) is 0 Å². The zero-order valence-electron chi connectivity index (χ0n) is 10.4. The Balaban J connectivity index is 2.99. The second kappa shape index (κ2) is 5.78. The molecule has 9 heteroatoms. The number of hydrogen-bond donors (Lipinski definition) is 2. The first-order chi connectivity index (χ1) is 8.51. The highest BCUT2D eigenvalue weighted by molar-refractivity contribution is 9.10. The fraction of sp³-hybridized carbons (Fsp3) is 0.400. The summed E-state index contributed by atoms with van der Waals surface area (Å²) in [5.41, 5.74) is 5.73. The third-order valence-corrected chi connectivity index (χ3v) is 5.43. The highest BCUT2D eigenvalue weighted by Gasteiger charge is 2.22. The van der Waals surface area contributed by atoms with Crippen molar-refractivity contribution < 1.29 is 16.8 Å². The third-order valence-electron chi connectivity index (χ3n) is 2.17. The average Bonchev–Trinajstić information content (AvgIpc) is 2.11. The number of nitrogens with one attached hydrogen (secondary N) is 1. The molecule has 108 valence electrons. The minimum atomic E-state index is -3.84. The molecule has 19 heavy (non-hydrogen) atoms. The quantitative estimate of drug-likeness (QED) is 0.743. The molecular formula is C10H15BrN2O4S2. The Hall–Kier alpha value is -0.640. The van der Waals surface area contributed by atoms with Crippen molar-refractivity contribution in [2.75, 3.05) is 17.7 Å². The van der Waals surface area contributed by atoms with Crippen molar-refractivity contribution in [3.63, 3.8) is 0 Å². The Kier molecular flexibility index (Phi) is 4.99. The van der Waals surface area contributed by atoms with Crippen molar-refractivity contribution in [3.05, 3.63) is 22.7 Å². The van der Waals surface area contributed by atoms with Crippen LogP contribution in [0.3, 0.4) is 0 Å². The summed E-state index contributed by atoms with van der Waals surface area (Å²) in [7, 11) is -7.10. The van der Waals surface area contributed by atoms with E-state index in [1.807, 2.05) is 0 Å². The predicted molar refractivity (Wildman–Crippen MR) is 78.0 cm³/mol. The molecule has 0 aliphatic heterocycles. The first kappa shape index (κ1) is 16.4. The van der Waals surface area contributed by atoms with Crippen molar-refractivity contribution in [1.82, 2.24) is 4.72 Å². The van der Waals surface area contributed by atoms with Gasteiger partial charge in [0.2, 0.25) is 10.0 Å². The molecule has 0 saturated carbocycles. The molecule has 1 rings (SSSR count). The number of benzene rings is 1. The van der Waals surface area contributed by atoms with Gasteiger partial charge in [0.1, 0.15) is 14.7 Å². The van der Waals surface area contributed by atoms with Gasteiger partial charge in [-0.1, -0.05) is 15.9 Å². The van der Waals surface area contributed by atoms with Gasteiger partial charge in [0.05, 0.1) is 11.4 Å². The van der Waals surface area contributed by atoms with Crippen LogP contribution in [0.5, 0.6) is 0 Å². The zero-order chi connectivity index (χ0) is 14.8. The first-order valence-electron chi connectivity index (χ1n) is 5.26. The normalized spacial score (nSPS) is 14.3. The highest BCUT2D eigenvalue weighted by atomic mass is 79.9. The standard InChI is InChI=1S/C10H15BrN2O4S2/c1-7(6-18(2,14)15)13-19(16,17)10-4-3-8(11)5-9(10)12/h3-5,7,13H,6,12H2,1-2H3. The van der Waals surface area contributed by atoms with Gasteiger partial charge in [-0.05, 0) is 25.1 Å². The Morgan fingerprint density at radius 1 is 1.32 bits per heavy atom. The number of sulfonamides is 1. The van der Waals surface area contributed by atoms with Crippen LogP contribution in [0, 0.1) is 0 Å². The Morgan fingerprint density at radius 3 is 2.37 bits per heavy atom. The van der Waals surface area contributed by atoms with E-state index in [0.29, 0.717) is 4.47 Å². The smallest absolute Gasteiger partial charge is 0.242 e. The van der Waals surface area contributed by atoms with Gasteiger partial charge in [-0.3, -0.25) is 0 Å². The lowest BCUT2D eigenvalue weighted by Gasteiger charge is -2.14. The first-order valence-corrected chi connectivity index (χ1v) is 9.60. The summed E-state index contributed by atoms with van der Waals surface area (Å²) in [4.78, 5) is -0.0731. The van der Waals surface area contributed by atoms with Crippen molar-refractivity contribution >= 4 is 41.5 Å².